The number of allylic oxidation sites excluding steroid dienone is 1. The first-order chi connectivity index (χ1) is 9.17. The van der Waals surface area contributed by atoms with Crippen LogP contribution in [0.15, 0.2) is 29.8 Å². The smallest absolute Gasteiger partial charge is 0.126 e. The van der Waals surface area contributed by atoms with Crippen LogP contribution in [0.1, 0.15) is 37.7 Å². The SMILES string of the molecule is NNC(CC1=CCCCC1)Cc1cc(F)cc(F)c1. The second-order valence-corrected chi connectivity index (χ2v) is 5.16. The van der Waals surface area contributed by atoms with Crippen LogP contribution in [0, 0.1) is 11.6 Å². The monoisotopic (exact) mass is 266 g/mol. The third kappa shape index (κ3) is 4.40. The fraction of sp³-hybridized carbons (Fsp3) is 0.467. The van der Waals surface area contributed by atoms with Crippen LogP contribution in [0.5, 0.6) is 0 Å². The summed E-state index contributed by atoms with van der Waals surface area (Å²) in [7, 11) is 0. The van der Waals surface area contributed by atoms with E-state index in [1.54, 1.807) is 0 Å². The topological polar surface area (TPSA) is 38.0 Å². The molecule has 1 aromatic carbocycles. The Hall–Kier alpha value is -1.26. The normalized spacial score (nSPS) is 17.1. The van der Waals surface area contributed by atoms with Gasteiger partial charge in [-0.15, -0.1) is 0 Å². The first-order valence-electron chi connectivity index (χ1n) is 6.76. The minimum Gasteiger partial charge on any atom is -0.271 e. The molecule has 1 aromatic rings. The molecule has 0 saturated heterocycles. The molecule has 0 spiro atoms. The van der Waals surface area contributed by atoms with Crippen molar-refractivity contribution in [2.24, 2.45) is 5.84 Å². The summed E-state index contributed by atoms with van der Waals surface area (Å²) < 4.78 is 26.3. The minimum absolute atomic E-state index is 0.0190. The molecule has 0 heterocycles. The number of benzene rings is 1. The van der Waals surface area contributed by atoms with Crippen LogP contribution < -0.4 is 11.3 Å². The van der Waals surface area contributed by atoms with Crippen LogP contribution in [0.25, 0.3) is 0 Å². The first kappa shape index (κ1) is 14.2. The van der Waals surface area contributed by atoms with E-state index in [9.17, 15) is 8.78 Å². The molecule has 1 aliphatic rings. The van der Waals surface area contributed by atoms with Crippen molar-refractivity contribution in [1.29, 1.82) is 0 Å². The lowest BCUT2D eigenvalue weighted by molar-refractivity contribution is 0.500. The number of nitrogens with one attached hydrogen (secondary N) is 1. The highest BCUT2D eigenvalue weighted by atomic mass is 19.1. The summed E-state index contributed by atoms with van der Waals surface area (Å²) in [5.74, 6) is 4.47. The molecule has 0 saturated carbocycles. The molecule has 0 bridgehead atoms. The van der Waals surface area contributed by atoms with E-state index in [2.05, 4.69) is 11.5 Å². The van der Waals surface area contributed by atoms with Gasteiger partial charge in [0.05, 0.1) is 0 Å². The summed E-state index contributed by atoms with van der Waals surface area (Å²) in [5, 5.41) is 0. The molecule has 0 aliphatic heterocycles. The fourth-order valence-electron chi connectivity index (χ4n) is 2.61. The van der Waals surface area contributed by atoms with Gasteiger partial charge in [0.15, 0.2) is 0 Å². The minimum atomic E-state index is -0.539. The van der Waals surface area contributed by atoms with E-state index in [1.165, 1.54) is 30.5 Å². The van der Waals surface area contributed by atoms with Gasteiger partial charge in [-0.05, 0) is 56.2 Å². The molecule has 1 unspecified atom stereocenters. The number of hydrogen-bond donors (Lipinski definition) is 2. The van der Waals surface area contributed by atoms with E-state index in [4.69, 9.17) is 5.84 Å². The van der Waals surface area contributed by atoms with Crippen molar-refractivity contribution < 1.29 is 8.78 Å². The average Bonchev–Trinajstić information content (AvgIpc) is 2.38. The Balaban J connectivity index is 1.99. The van der Waals surface area contributed by atoms with Gasteiger partial charge in [-0.3, -0.25) is 11.3 Å². The highest BCUT2D eigenvalue weighted by molar-refractivity contribution is 5.20. The van der Waals surface area contributed by atoms with Gasteiger partial charge in [0.1, 0.15) is 11.6 Å². The van der Waals surface area contributed by atoms with Crippen LogP contribution in [0.2, 0.25) is 0 Å². The number of halogens is 2. The molecule has 2 nitrogen and oxygen atoms in total. The fourth-order valence-corrected chi connectivity index (χ4v) is 2.61. The number of hydrazine groups is 1. The second-order valence-electron chi connectivity index (χ2n) is 5.16. The number of nitrogens with two attached hydrogens (primary N) is 1. The molecule has 0 fully saturated rings. The van der Waals surface area contributed by atoms with E-state index in [0.29, 0.717) is 12.0 Å². The van der Waals surface area contributed by atoms with Crippen molar-refractivity contribution in [2.75, 3.05) is 0 Å². The van der Waals surface area contributed by atoms with Gasteiger partial charge < -0.3 is 0 Å². The molecular formula is C15H20F2N2. The third-order valence-electron chi connectivity index (χ3n) is 3.53. The summed E-state index contributed by atoms with van der Waals surface area (Å²) >= 11 is 0. The van der Waals surface area contributed by atoms with Gasteiger partial charge in [0.2, 0.25) is 0 Å². The van der Waals surface area contributed by atoms with Crippen molar-refractivity contribution in [3.63, 3.8) is 0 Å². The van der Waals surface area contributed by atoms with Crippen LogP contribution in [-0.2, 0) is 6.42 Å². The maximum absolute atomic E-state index is 13.1. The zero-order valence-electron chi connectivity index (χ0n) is 11.0. The molecule has 0 aromatic heterocycles. The van der Waals surface area contributed by atoms with Crippen LogP contribution in [0.4, 0.5) is 8.78 Å². The Labute approximate surface area is 112 Å². The molecule has 2 rings (SSSR count). The van der Waals surface area contributed by atoms with Crippen molar-refractivity contribution in [1.82, 2.24) is 5.43 Å². The maximum Gasteiger partial charge on any atom is 0.126 e. The van der Waals surface area contributed by atoms with Gasteiger partial charge >= 0.3 is 0 Å². The summed E-state index contributed by atoms with van der Waals surface area (Å²) in [6.45, 7) is 0. The Morgan fingerprint density at radius 3 is 2.42 bits per heavy atom. The molecule has 0 amide bonds. The molecular weight excluding hydrogens is 246 g/mol. The molecule has 4 heteroatoms. The number of hydrogen-bond acceptors (Lipinski definition) is 2. The van der Waals surface area contributed by atoms with Crippen molar-refractivity contribution in [3.05, 3.63) is 47.0 Å². The highest BCUT2D eigenvalue weighted by Gasteiger charge is 2.13. The summed E-state index contributed by atoms with van der Waals surface area (Å²) in [6, 6.07) is 3.63. The lowest BCUT2D eigenvalue weighted by Crippen LogP contribution is -2.37. The highest BCUT2D eigenvalue weighted by Crippen LogP contribution is 2.22. The van der Waals surface area contributed by atoms with Gasteiger partial charge in [-0.1, -0.05) is 11.6 Å². The third-order valence-corrected chi connectivity index (χ3v) is 3.53. The molecule has 19 heavy (non-hydrogen) atoms. The van der Waals surface area contributed by atoms with Crippen LogP contribution >= 0.6 is 0 Å². The van der Waals surface area contributed by atoms with E-state index in [-0.39, 0.29) is 6.04 Å². The van der Waals surface area contributed by atoms with Gasteiger partial charge in [-0.2, -0.15) is 0 Å². The van der Waals surface area contributed by atoms with E-state index in [1.807, 2.05) is 0 Å². The first-order valence-corrected chi connectivity index (χ1v) is 6.76. The Kier molecular flexibility index (Phi) is 5.05. The lowest BCUT2D eigenvalue weighted by atomic mass is 9.92. The Morgan fingerprint density at radius 1 is 1.11 bits per heavy atom. The van der Waals surface area contributed by atoms with E-state index < -0.39 is 11.6 Å². The largest absolute Gasteiger partial charge is 0.271 e. The summed E-state index contributed by atoms with van der Waals surface area (Å²) in [6.07, 6.45) is 8.34. The van der Waals surface area contributed by atoms with E-state index in [0.717, 1.165) is 25.3 Å². The van der Waals surface area contributed by atoms with Crippen LogP contribution in [0.3, 0.4) is 0 Å². The zero-order valence-corrected chi connectivity index (χ0v) is 11.0. The standard InChI is InChI=1S/C15H20F2N2/c16-13-6-12(7-14(17)10-13)9-15(19-18)8-11-4-2-1-3-5-11/h4,6-7,10,15,19H,1-3,5,8-9,18H2. The maximum atomic E-state index is 13.1. The second kappa shape index (κ2) is 6.78. The number of rotatable bonds is 5. The summed E-state index contributed by atoms with van der Waals surface area (Å²) in [5.41, 5.74) is 4.78. The molecule has 1 aliphatic carbocycles. The van der Waals surface area contributed by atoms with Crippen LogP contribution in [-0.4, -0.2) is 6.04 Å². The quantitative estimate of drug-likeness (QED) is 0.488. The molecule has 3 N–H and O–H groups in total. The van der Waals surface area contributed by atoms with Crippen molar-refractivity contribution >= 4 is 0 Å². The predicted octanol–water partition coefficient (Wildman–Crippen LogP) is 3.23. The molecule has 1 atom stereocenters. The van der Waals surface area contributed by atoms with Gasteiger partial charge in [0.25, 0.3) is 0 Å². The summed E-state index contributed by atoms with van der Waals surface area (Å²) in [4.78, 5) is 0. The Morgan fingerprint density at radius 2 is 1.84 bits per heavy atom. The lowest BCUT2D eigenvalue weighted by Gasteiger charge is -2.20. The van der Waals surface area contributed by atoms with E-state index >= 15 is 0 Å². The van der Waals surface area contributed by atoms with Crippen molar-refractivity contribution in [3.8, 4) is 0 Å². The molecule has 104 valence electrons. The van der Waals surface area contributed by atoms with Gasteiger partial charge in [-0.25, -0.2) is 8.78 Å². The average molecular weight is 266 g/mol. The van der Waals surface area contributed by atoms with Crippen molar-refractivity contribution in [2.45, 2.75) is 44.6 Å². The molecule has 0 radical (unpaired) electrons. The Bertz CT molecular complexity index is 437. The predicted molar refractivity (Wildman–Crippen MR) is 72.3 cm³/mol. The zero-order chi connectivity index (χ0) is 13.7. The van der Waals surface area contributed by atoms with Gasteiger partial charge in [0, 0.05) is 12.1 Å².